The number of phosphoric ester groups is 1. The van der Waals surface area contributed by atoms with Crippen molar-refractivity contribution in [3.63, 3.8) is 0 Å². The van der Waals surface area contributed by atoms with E-state index < -0.39 is 53.7 Å². The van der Waals surface area contributed by atoms with Gasteiger partial charge in [-0.2, -0.15) is 0 Å². The SMILES string of the molecule is Cc1cn([C@H]2C=C[C@@H](COP(=O)([O-])OP(=O)([O-])OP(=O)([O-])[O-])O2)c(=O)[nH]c1=O. The second kappa shape index (κ2) is 8.27. The number of hydrogen-bond donors (Lipinski definition) is 1. The molecular formula is C10H11N2O13P3-4. The number of hydrogen-bond acceptors (Lipinski definition) is 13. The molecule has 0 radical (unpaired) electrons. The fourth-order valence-electron chi connectivity index (χ4n) is 1.97. The third-order valence-corrected chi connectivity index (χ3v) is 6.69. The van der Waals surface area contributed by atoms with E-state index in [0.717, 1.165) is 4.57 Å². The van der Waals surface area contributed by atoms with Crippen molar-refractivity contribution in [2.24, 2.45) is 0 Å². The minimum atomic E-state index is -6.08. The topological polar surface area (TPSA) is 235 Å². The van der Waals surface area contributed by atoms with Crippen LogP contribution in [0.25, 0.3) is 0 Å². The van der Waals surface area contributed by atoms with Crippen molar-refractivity contribution in [1.29, 1.82) is 0 Å². The Bertz CT molecular complexity index is 1020. The molecule has 1 aromatic heterocycles. The van der Waals surface area contributed by atoms with Crippen LogP contribution >= 0.6 is 23.5 Å². The number of rotatable bonds is 8. The van der Waals surface area contributed by atoms with E-state index in [1.807, 2.05) is 4.98 Å². The lowest BCUT2D eigenvalue weighted by Gasteiger charge is -2.37. The van der Waals surface area contributed by atoms with Gasteiger partial charge in [-0.25, -0.2) is 9.11 Å². The first kappa shape index (κ1) is 23.1. The molecule has 4 atom stereocenters. The van der Waals surface area contributed by atoms with Gasteiger partial charge < -0.3 is 33.4 Å². The Hall–Kier alpha value is -1.21. The smallest absolute Gasteiger partial charge is 0.330 e. The quantitative estimate of drug-likeness (QED) is 0.303. The van der Waals surface area contributed by atoms with Crippen LogP contribution in [0.5, 0.6) is 0 Å². The zero-order valence-corrected chi connectivity index (χ0v) is 16.4. The zero-order chi connectivity index (χ0) is 21.3. The summed E-state index contributed by atoms with van der Waals surface area (Å²) in [6.45, 7) is 0.613. The Balaban J connectivity index is 1.97. The molecular weight excluding hydrogens is 449 g/mol. The van der Waals surface area contributed by atoms with Crippen LogP contribution in [0.1, 0.15) is 11.8 Å². The highest BCUT2D eigenvalue weighted by Crippen LogP contribution is 2.60. The highest BCUT2D eigenvalue weighted by atomic mass is 31.3. The molecule has 2 heterocycles. The van der Waals surface area contributed by atoms with Gasteiger partial charge in [0.1, 0.15) is 6.10 Å². The molecule has 1 aliphatic heterocycles. The van der Waals surface area contributed by atoms with E-state index in [2.05, 4.69) is 13.1 Å². The van der Waals surface area contributed by atoms with E-state index in [4.69, 9.17) is 4.74 Å². The molecule has 28 heavy (non-hydrogen) atoms. The summed E-state index contributed by atoms with van der Waals surface area (Å²) >= 11 is 0. The molecule has 0 amide bonds. The lowest BCUT2D eigenvalue weighted by atomic mass is 10.3. The Kier molecular flexibility index (Phi) is 6.81. The first-order chi connectivity index (χ1) is 12.7. The molecule has 0 aliphatic carbocycles. The number of H-pyrrole nitrogens is 1. The van der Waals surface area contributed by atoms with Gasteiger partial charge in [-0.1, -0.05) is 6.08 Å². The normalized spacial score (nSPS) is 24.0. The summed E-state index contributed by atoms with van der Waals surface area (Å²) in [5.41, 5.74) is -1.19. The average Bonchev–Trinajstić information content (AvgIpc) is 2.94. The maximum atomic E-state index is 11.8. The van der Waals surface area contributed by atoms with Crippen LogP contribution in [0.3, 0.4) is 0 Å². The lowest BCUT2D eigenvalue weighted by Crippen LogP contribution is -2.33. The molecule has 15 nitrogen and oxygen atoms in total. The van der Waals surface area contributed by atoms with Crippen molar-refractivity contribution in [2.75, 3.05) is 6.61 Å². The number of phosphoric acid groups is 3. The van der Waals surface area contributed by atoms with Crippen molar-refractivity contribution in [3.05, 3.63) is 44.8 Å². The number of nitrogens with one attached hydrogen (secondary N) is 1. The summed E-state index contributed by atoms with van der Waals surface area (Å²) in [6.07, 6.45) is 1.69. The van der Waals surface area contributed by atoms with Crippen LogP contribution in [0.4, 0.5) is 0 Å². The largest absolute Gasteiger partial charge is 0.790 e. The van der Waals surface area contributed by atoms with Crippen LogP contribution in [0.2, 0.25) is 0 Å². The van der Waals surface area contributed by atoms with Gasteiger partial charge in [0, 0.05) is 11.8 Å². The minimum absolute atomic E-state index is 0.203. The number of aryl methyl sites for hydroxylation is 1. The third-order valence-electron chi connectivity index (χ3n) is 3.02. The summed E-state index contributed by atoms with van der Waals surface area (Å²) < 4.78 is 49.7. The van der Waals surface area contributed by atoms with Crippen molar-refractivity contribution in [1.82, 2.24) is 9.55 Å². The molecule has 0 bridgehead atoms. The summed E-state index contributed by atoms with van der Waals surface area (Å²) in [7, 11) is -17.8. The molecule has 1 aliphatic rings. The Labute approximate surface area is 155 Å². The summed E-state index contributed by atoms with van der Waals surface area (Å²) in [6, 6.07) is 0. The average molecular weight is 460 g/mol. The van der Waals surface area contributed by atoms with Gasteiger partial charge in [0.05, 0.1) is 14.4 Å². The third kappa shape index (κ3) is 6.69. The van der Waals surface area contributed by atoms with E-state index in [1.54, 1.807) is 0 Å². The second-order valence-corrected chi connectivity index (χ2v) is 9.48. The van der Waals surface area contributed by atoms with Crippen LogP contribution in [-0.4, -0.2) is 22.3 Å². The Morgan fingerprint density at radius 1 is 1.11 bits per heavy atom. The van der Waals surface area contributed by atoms with E-state index in [-0.39, 0.29) is 5.56 Å². The number of nitrogens with zero attached hydrogens (tertiary/aromatic N) is 1. The van der Waals surface area contributed by atoms with Gasteiger partial charge in [0.15, 0.2) is 6.23 Å². The summed E-state index contributed by atoms with van der Waals surface area (Å²) in [4.78, 5) is 68.1. The molecule has 2 rings (SSSR count). The van der Waals surface area contributed by atoms with Gasteiger partial charge in [-0.05, 0) is 13.0 Å². The molecule has 1 N–H and O–H groups in total. The molecule has 0 aromatic carbocycles. The standard InChI is InChI=1S/C10H15N2O13P3/c1-6-4-12(10(14)11-9(6)13)8-3-2-7(23-8)5-22-27(18,19)25-28(20,21)24-26(15,16)17/h2-4,7-8H,5H2,1H3,(H,18,19)(H,20,21)(H,11,13,14)(H2,15,16,17)/p-4/t7-,8+/m0/s1. The predicted octanol–water partition coefficient (Wildman–Crippen LogP) is -2.89. The monoisotopic (exact) mass is 460 g/mol. The molecule has 0 saturated carbocycles. The van der Waals surface area contributed by atoms with Crippen molar-refractivity contribution >= 4 is 23.5 Å². The molecule has 0 spiro atoms. The Morgan fingerprint density at radius 2 is 1.75 bits per heavy atom. The van der Waals surface area contributed by atoms with E-state index in [9.17, 15) is 42.9 Å². The van der Waals surface area contributed by atoms with Crippen molar-refractivity contribution in [3.8, 4) is 0 Å². The van der Waals surface area contributed by atoms with Crippen LogP contribution in [-0.2, 0) is 31.6 Å². The molecule has 0 saturated heterocycles. The zero-order valence-electron chi connectivity index (χ0n) is 13.7. The lowest BCUT2D eigenvalue weighted by molar-refractivity contribution is -0.339. The number of aromatic nitrogens is 2. The van der Waals surface area contributed by atoms with Crippen LogP contribution in [0, 0.1) is 6.92 Å². The fraction of sp³-hybridized carbons (Fsp3) is 0.400. The molecule has 2 unspecified atom stereocenters. The van der Waals surface area contributed by atoms with Gasteiger partial charge in [-0.15, -0.1) is 0 Å². The highest BCUT2D eigenvalue weighted by molar-refractivity contribution is 7.64. The first-order valence-corrected chi connectivity index (χ1v) is 11.4. The molecule has 18 heteroatoms. The molecule has 0 fully saturated rings. The maximum Gasteiger partial charge on any atom is 0.330 e. The van der Waals surface area contributed by atoms with Crippen molar-refractivity contribution in [2.45, 2.75) is 19.3 Å². The van der Waals surface area contributed by atoms with Crippen LogP contribution < -0.4 is 30.8 Å². The van der Waals surface area contributed by atoms with Crippen molar-refractivity contribution < 1.29 is 51.2 Å². The van der Waals surface area contributed by atoms with Gasteiger partial charge in [-0.3, -0.25) is 27.8 Å². The van der Waals surface area contributed by atoms with Gasteiger partial charge >= 0.3 is 5.69 Å². The minimum Gasteiger partial charge on any atom is -0.790 e. The van der Waals surface area contributed by atoms with Crippen LogP contribution in [0.15, 0.2) is 27.9 Å². The number of aromatic amines is 1. The van der Waals surface area contributed by atoms with E-state index in [1.165, 1.54) is 25.3 Å². The fourth-order valence-corrected chi connectivity index (χ4v) is 4.83. The molecule has 1 aromatic rings. The first-order valence-electron chi connectivity index (χ1n) is 7.05. The van der Waals surface area contributed by atoms with Gasteiger partial charge in [0.25, 0.3) is 21.2 Å². The second-order valence-electron chi connectivity index (χ2n) is 5.23. The highest BCUT2D eigenvalue weighted by Gasteiger charge is 2.26. The predicted molar refractivity (Wildman–Crippen MR) is 80.1 cm³/mol. The van der Waals surface area contributed by atoms with Gasteiger partial charge in [0.2, 0.25) is 0 Å². The number of ether oxygens (including phenoxy) is 1. The summed E-state index contributed by atoms with van der Waals surface area (Å²) in [5, 5.41) is 0. The summed E-state index contributed by atoms with van der Waals surface area (Å²) in [5.74, 6) is 0. The van der Waals surface area contributed by atoms with E-state index >= 15 is 0 Å². The maximum absolute atomic E-state index is 11.8. The Morgan fingerprint density at radius 3 is 2.36 bits per heavy atom. The van der Waals surface area contributed by atoms with E-state index in [0.29, 0.717) is 0 Å². The molecule has 158 valence electrons.